The Balaban J connectivity index is 1.99. The molecule has 0 saturated carbocycles. The van der Waals surface area contributed by atoms with Crippen LogP contribution in [0.1, 0.15) is 21.5 Å². The van der Waals surface area contributed by atoms with Crippen LogP contribution in [0.3, 0.4) is 0 Å². The molecule has 8 heteroatoms. The zero-order valence-electron chi connectivity index (χ0n) is 14.6. The average Bonchev–Trinajstić information content (AvgIpc) is 2.63. The number of rotatable bonds is 5. The molecule has 0 aliphatic heterocycles. The second-order valence-corrected chi connectivity index (χ2v) is 6.17. The Hall–Kier alpha value is -3.26. The summed E-state index contributed by atoms with van der Waals surface area (Å²) < 4.78 is 13.0. The van der Waals surface area contributed by atoms with Gasteiger partial charge in [-0.3, -0.25) is 14.6 Å². The van der Waals surface area contributed by atoms with Gasteiger partial charge >= 0.3 is 0 Å². The molecule has 0 bridgehead atoms. The monoisotopic (exact) mass is 371 g/mol. The topological polar surface area (TPSA) is 107 Å². The number of benzene rings is 1. The van der Waals surface area contributed by atoms with Gasteiger partial charge in [0.05, 0.1) is 12.1 Å². The standard InChI is InChI=1S/C19H18FN3O4/c1-23(6-7-24)19(27)15-17(25)16-14(22-18(15)26)9-12(10-21-16)8-11-2-4-13(20)5-3-11/h2-5,9-10,24H,6-8H2,1H3,(H2,22,25,26). The number of pyridine rings is 2. The van der Waals surface area contributed by atoms with Gasteiger partial charge in [-0.2, -0.15) is 0 Å². The molecule has 2 aromatic heterocycles. The lowest BCUT2D eigenvalue weighted by molar-refractivity contribution is 0.0762. The predicted molar refractivity (Wildman–Crippen MR) is 97.3 cm³/mol. The number of amides is 1. The van der Waals surface area contributed by atoms with Crippen LogP contribution in [0.25, 0.3) is 11.0 Å². The van der Waals surface area contributed by atoms with E-state index in [1.54, 1.807) is 18.2 Å². The van der Waals surface area contributed by atoms with Crippen molar-refractivity contribution in [3.63, 3.8) is 0 Å². The maximum absolute atomic E-state index is 13.0. The fourth-order valence-electron chi connectivity index (χ4n) is 2.78. The number of aromatic amines is 1. The first kappa shape index (κ1) is 18.5. The summed E-state index contributed by atoms with van der Waals surface area (Å²) in [6.45, 7) is -0.237. The fourth-order valence-corrected chi connectivity index (χ4v) is 2.78. The summed E-state index contributed by atoms with van der Waals surface area (Å²) in [6.07, 6.45) is 1.99. The molecule has 0 aliphatic rings. The lowest BCUT2D eigenvalue weighted by Crippen LogP contribution is -2.33. The molecule has 1 aromatic carbocycles. The van der Waals surface area contributed by atoms with E-state index in [4.69, 9.17) is 5.11 Å². The van der Waals surface area contributed by atoms with Crippen molar-refractivity contribution >= 4 is 16.9 Å². The number of H-pyrrole nitrogens is 1. The van der Waals surface area contributed by atoms with Crippen molar-refractivity contribution in [3.8, 4) is 5.75 Å². The van der Waals surface area contributed by atoms with E-state index >= 15 is 0 Å². The molecule has 140 valence electrons. The van der Waals surface area contributed by atoms with Crippen LogP contribution in [0.5, 0.6) is 5.75 Å². The Morgan fingerprint density at radius 3 is 2.63 bits per heavy atom. The molecule has 0 aliphatic carbocycles. The summed E-state index contributed by atoms with van der Waals surface area (Å²) in [7, 11) is 1.42. The van der Waals surface area contributed by atoms with E-state index in [1.165, 1.54) is 25.4 Å². The molecule has 0 atom stereocenters. The first-order valence-corrected chi connectivity index (χ1v) is 8.25. The van der Waals surface area contributed by atoms with Gasteiger partial charge in [-0.1, -0.05) is 12.1 Å². The largest absolute Gasteiger partial charge is 0.505 e. The van der Waals surface area contributed by atoms with Crippen molar-refractivity contribution in [3.05, 3.63) is 69.4 Å². The van der Waals surface area contributed by atoms with E-state index in [0.717, 1.165) is 16.0 Å². The molecule has 3 aromatic rings. The first-order valence-electron chi connectivity index (χ1n) is 8.25. The van der Waals surface area contributed by atoms with Crippen LogP contribution in [0.2, 0.25) is 0 Å². The number of hydrogen-bond donors (Lipinski definition) is 3. The molecule has 0 saturated heterocycles. The zero-order chi connectivity index (χ0) is 19.6. The van der Waals surface area contributed by atoms with E-state index in [-0.39, 0.29) is 24.5 Å². The Kier molecular flexibility index (Phi) is 5.18. The normalized spacial score (nSPS) is 10.9. The maximum Gasteiger partial charge on any atom is 0.265 e. The van der Waals surface area contributed by atoms with Crippen LogP contribution in [-0.4, -0.2) is 51.2 Å². The Morgan fingerprint density at radius 1 is 1.26 bits per heavy atom. The Labute approximate surface area is 153 Å². The molecule has 0 fully saturated rings. The summed E-state index contributed by atoms with van der Waals surface area (Å²) >= 11 is 0. The van der Waals surface area contributed by atoms with Crippen LogP contribution in [-0.2, 0) is 6.42 Å². The van der Waals surface area contributed by atoms with Gasteiger partial charge in [0, 0.05) is 19.8 Å². The molecular weight excluding hydrogens is 353 g/mol. The van der Waals surface area contributed by atoms with Gasteiger partial charge in [0.2, 0.25) is 0 Å². The molecule has 1 amide bonds. The minimum absolute atomic E-state index is 0.0276. The van der Waals surface area contributed by atoms with Gasteiger partial charge in [-0.15, -0.1) is 0 Å². The number of aliphatic hydroxyl groups is 1. The summed E-state index contributed by atoms with van der Waals surface area (Å²) in [5.41, 5.74) is 0.839. The number of halogens is 1. The number of nitrogens with zero attached hydrogens (tertiary/aromatic N) is 2. The van der Waals surface area contributed by atoms with Crippen molar-refractivity contribution in [2.75, 3.05) is 20.2 Å². The minimum Gasteiger partial charge on any atom is -0.505 e. The molecule has 2 heterocycles. The van der Waals surface area contributed by atoms with E-state index in [2.05, 4.69) is 9.97 Å². The fraction of sp³-hybridized carbons (Fsp3) is 0.211. The van der Waals surface area contributed by atoms with Gasteiger partial charge in [0.25, 0.3) is 11.5 Å². The number of fused-ring (bicyclic) bond motifs is 1. The molecule has 3 rings (SSSR count). The number of hydrogen-bond acceptors (Lipinski definition) is 5. The lowest BCUT2D eigenvalue weighted by Gasteiger charge is -2.16. The molecule has 0 unspecified atom stereocenters. The van der Waals surface area contributed by atoms with Gasteiger partial charge in [-0.05, 0) is 35.7 Å². The highest BCUT2D eigenvalue weighted by molar-refractivity contribution is 6.01. The highest BCUT2D eigenvalue weighted by Crippen LogP contribution is 2.25. The van der Waals surface area contributed by atoms with Crippen LogP contribution in [0.4, 0.5) is 4.39 Å². The Bertz CT molecular complexity index is 1050. The number of aromatic nitrogens is 2. The van der Waals surface area contributed by atoms with Crippen molar-refractivity contribution < 1.29 is 19.4 Å². The van der Waals surface area contributed by atoms with E-state index < -0.39 is 22.8 Å². The van der Waals surface area contributed by atoms with Gasteiger partial charge in [-0.25, -0.2) is 4.39 Å². The highest BCUT2D eigenvalue weighted by Gasteiger charge is 2.22. The molecule has 7 nitrogen and oxygen atoms in total. The third-order valence-electron chi connectivity index (χ3n) is 4.20. The average molecular weight is 371 g/mol. The van der Waals surface area contributed by atoms with Crippen molar-refractivity contribution in [1.82, 2.24) is 14.9 Å². The van der Waals surface area contributed by atoms with Crippen LogP contribution in [0, 0.1) is 5.82 Å². The van der Waals surface area contributed by atoms with Crippen LogP contribution < -0.4 is 5.56 Å². The SMILES string of the molecule is CN(CCO)C(=O)c1c(O)c2ncc(Cc3ccc(F)cc3)cc2[nH]c1=O. The van der Waals surface area contributed by atoms with Crippen LogP contribution in [0.15, 0.2) is 41.3 Å². The lowest BCUT2D eigenvalue weighted by atomic mass is 10.1. The highest BCUT2D eigenvalue weighted by atomic mass is 19.1. The quantitative estimate of drug-likeness (QED) is 0.629. The number of aliphatic hydroxyl groups excluding tert-OH is 1. The number of likely N-dealkylation sites (N-methyl/N-ethyl adjacent to an activating group) is 1. The van der Waals surface area contributed by atoms with Crippen molar-refractivity contribution in [1.29, 1.82) is 0 Å². The summed E-state index contributed by atoms with van der Waals surface area (Å²) in [6, 6.07) is 7.67. The summed E-state index contributed by atoms with van der Waals surface area (Å²) in [5.74, 6) is -1.54. The van der Waals surface area contributed by atoms with E-state index in [0.29, 0.717) is 11.9 Å². The molecule has 27 heavy (non-hydrogen) atoms. The second kappa shape index (κ2) is 7.55. The third kappa shape index (κ3) is 3.80. The Morgan fingerprint density at radius 2 is 1.96 bits per heavy atom. The van der Waals surface area contributed by atoms with Crippen molar-refractivity contribution in [2.24, 2.45) is 0 Å². The number of carbonyl (C=O) groups is 1. The van der Waals surface area contributed by atoms with E-state index in [1.807, 2.05) is 0 Å². The third-order valence-corrected chi connectivity index (χ3v) is 4.20. The number of aromatic hydroxyl groups is 1. The smallest absolute Gasteiger partial charge is 0.265 e. The maximum atomic E-state index is 13.0. The summed E-state index contributed by atoms with van der Waals surface area (Å²) in [5, 5.41) is 19.3. The molecule has 3 N–H and O–H groups in total. The van der Waals surface area contributed by atoms with Crippen molar-refractivity contribution in [2.45, 2.75) is 6.42 Å². The molecular formula is C19H18FN3O4. The number of carbonyl (C=O) groups excluding carboxylic acids is 1. The van der Waals surface area contributed by atoms with Gasteiger partial charge in [0.1, 0.15) is 16.9 Å². The first-order chi connectivity index (χ1) is 12.9. The predicted octanol–water partition coefficient (Wildman–Crippen LogP) is 1.42. The van der Waals surface area contributed by atoms with Crippen LogP contribution >= 0.6 is 0 Å². The van der Waals surface area contributed by atoms with E-state index in [9.17, 15) is 19.1 Å². The number of nitrogens with one attached hydrogen (secondary N) is 1. The summed E-state index contributed by atoms with van der Waals surface area (Å²) in [4.78, 5) is 32.5. The van der Waals surface area contributed by atoms with Gasteiger partial charge < -0.3 is 20.1 Å². The minimum atomic E-state index is -0.740. The molecule has 0 spiro atoms. The second-order valence-electron chi connectivity index (χ2n) is 6.17. The van der Waals surface area contributed by atoms with Gasteiger partial charge in [0.15, 0.2) is 5.75 Å². The zero-order valence-corrected chi connectivity index (χ0v) is 14.6. The molecule has 0 radical (unpaired) electrons.